The zero-order valence-electron chi connectivity index (χ0n) is 14.4. The molecule has 0 bridgehead atoms. The second kappa shape index (κ2) is 5.99. The summed E-state index contributed by atoms with van der Waals surface area (Å²) in [6.45, 7) is 0. The van der Waals surface area contributed by atoms with E-state index in [1.54, 1.807) is 0 Å². The molecule has 26 heavy (non-hydrogen) atoms. The molecular formula is C22H19N3O. The Morgan fingerprint density at radius 3 is 2.73 bits per heavy atom. The fourth-order valence-corrected chi connectivity index (χ4v) is 3.92. The number of para-hydroxylation sites is 2. The summed E-state index contributed by atoms with van der Waals surface area (Å²) in [5, 5.41) is 5.56. The van der Waals surface area contributed by atoms with Crippen molar-refractivity contribution in [1.82, 2.24) is 9.97 Å². The van der Waals surface area contributed by atoms with Gasteiger partial charge in [0.2, 0.25) is 5.91 Å². The molecule has 0 saturated carbocycles. The van der Waals surface area contributed by atoms with Gasteiger partial charge in [0.15, 0.2) is 0 Å². The molecule has 0 saturated heterocycles. The van der Waals surface area contributed by atoms with Crippen molar-refractivity contribution >= 4 is 33.4 Å². The number of aryl methyl sites for hydroxylation is 3. The third-order valence-electron chi connectivity index (χ3n) is 5.18. The number of carbonyl (C=O) groups excluding carboxylic acids is 1. The lowest BCUT2D eigenvalue weighted by Crippen LogP contribution is -2.13. The number of hydrogen-bond acceptors (Lipinski definition) is 2. The molecule has 3 aromatic carbocycles. The molecule has 5 rings (SSSR count). The van der Waals surface area contributed by atoms with Crippen LogP contribution in [0, 0.1) is 0 Å². The maximum absolute atomic E-state index is 12.5. The summed E-state index contributed by atoms with van der Waals surface area (Å²) < 4.78 is 0. The highest BCUT2D eigenvalue weighted by molar-refractivity contribution is 6.05. The number of hydrogen-bond donors (Lipinski definition) is 2. The lowest BCUT2D eigenvalue weighted by atomic mass is 10.0. The first-order valence-corrected chi connectivity index (χ1v) is 9.05. The lowest BCUT2D eigenvalue weighted by Gasteiger charge is -2.10. The predicted octanol–water partition coefficient (Wildman–Crippen LogP) is 4.39. The molecule has 1 aromatic heterocycles. The topological polar surface area (TPSA) is 57.8 Å². The summed E-state index contributed by atoms with van der Waals surface area (Å²) in [6, 6.07) is 18.5. The summed E-state index contributed by atoms with van der Waals surface area (Å²) in [5.41, 5.74) is 5.62. The van der Waals surface area contributed by atoms with E-state index in [0.717, 1.165) is 40.8 Å². The number of nitrogens with one attached hydrogen (secondary N) is 2. The molecular weight excluding hydrogens is 322 g/mol. The summed E-state index contributed by atoms with van der Waals surface area (Å²) in [7, 11) is 0. The monoisotopic (exact) mass is 341 g/mol. The second-order valence-electron chi connectivity index (χ2n) is 6.86. The Kier molecular flexibility index (Phi) is 3.49. The van der Waals surface area contributed by atoms with E-state index in [4.69, 9.17) is 0 Å². The number of carbonyl (C=O) groups is 1. The molecule has 1 aliphatic carbocycles. The maximum atomic E-state index is 12.5. The van der Waals surface area contributed by atoms with Gasteiger partial charge in [-0.3, -0.25) is 4.79 Å². The van der Waals surface area contributed by atoms with Crippen LogP contribution in [-0.4, -0.2) is 15.9 Å². The van der Waals surface area contributed by atoms with Crippen LogP contribution >= 0.6 is 0 Å². The first-order chi connectivity index (χ1) is 12.8. The van der Waals surface area contributed by atoms with Crippen molar-refractivity contribution in [2.45, 2.75) is 25.7 Å². The van der Waals surface area contributed by atoms with Crippen LogP contribution in [0.3, 0.4) is 0 Å². The van der Waals surface area contributed by atoms with Gasteiger partial charge in [0.05, 0.1) is 11.0 Å². The minimum absolute atomic E-state index is 0.0177. The smallest absolute Gasteiger partial charge is 0.224 e. The second-order valence-corrected chi connectivity index (χ2v) is 6.86. The van der Waals surface area contributed by atoms with Gasteiger partial charge in [-0.25, -0.2) is 4.98 Å². The number of anilines is 1. The molecule has 4 heteroatoms. The van der Waals surface area contributed by atoms with Gasteiger partial charge in [-0.05, 0) is 47.6 Å². The third-order valence-corrected chi connectivity index (χ3v) is 5.18. The Morgan fingerprint density at radius 2 is 1.85 bits per heavy atom. The van der Waals surface area contributed by atoms with Crippen molar-refractivity contribution in [3.8, 4) is 0 Å². The third kappa shape index (κ3) is 2.54. The molecule has 0 aliphatic heterocycles. The van der Waals surface area contributed by atoms with Crippen molar-refractivity contribution in [2.75, 3.05) is 5.32 Å². The first kappa shape index (κ1) is 15.1. The zero-order chi connectivity index (χ0) is 17.5. The van der Waals surface area contributed by atoms with Crippen molar-refractivity contribution in [2.24, 2.45) is 0 Å². The molecule has 1 amide bonds. The molecule has 4 aromatic rings. The number of benzene rings is 3. The minimum atomic E-state index is 0.0177. The zero-order valence-corrected chi connectivity index (χ0v) is 14.4. The molecule has 1 heterocycles. The molecule has 0 fully saturated rings. The summed E-state index contributed by atoms with van der Waals surface area (Å²) in [5.74, 6) is 0.867. The average Bonchev–Trinajstić information content (AvgIpc) is 3.27. The number of nitrogens with zero attached hydrogens (tertiary/aromatic N) is 1. The number of fused-ring (bicyclic) bond motifs is 1. The highest BCUT2D eigenvalue weighted by Gasteiger charge is 2.16. The molecule has 0 unspecified atom stereocenters. The average molecular weight is 341 g/mol. The molecule has 0 atom stereocenters. The van der Waals surface area contributed by atoms with Crippen LogP contribution in [0.5, 0.6) is 0 Å². The van der Waals surface area contributed by atoms with Gasteiger partial charge in [-0.2, -0.15) is 0 Å². The Balaban J connectivity index is 1.34. The van der Waals surface area contributed by atoms with E-state index in [9.17, 15) is 4.79 Å². The number of rotatable bonds is 4. The SMILES string of the molecule is O=C(CCc1nc2ccccc2[nH]1)Nc1ccc2c3c(cccc13)CC2. The largest absolute Gasteiger partial charge is 0.342 e. The number of aromatic nitrogens is 2. The molecule has 0 spiro atoms. The van der Waals surface area contributed by atoms with Crippen molar-refractivity contribution in [1.29, 1.82) is 0 Å². The normalized spacial score (nSPS) is 12.8. The molecule has 128 valence electrons. The van der Waals surface area contributed by atoms with E-state index < -0.39 is 0 Å². The first-order valence-electron chi connectivity index (χ1n) is 9.05. The highest BCUT2D eigenvalue weighted by Crippen LogP contribution is 2.35. The van der Waals surface area contributed by atoms with Gasteiger partial charge in [-0.15, -0.1) is 0 Å². The Hall–Kier alpha value is -3.14. The fraction of sp³-hybridized carbons (Fsp3) is 0.182. The quantitative estimate of drug-likeness (QED) is 0.578. The van der Waals surface area contributed by atoms with Crippen LogP contribution in [0.15, 0.2) is 54.6 Å². The van der Waals surface area contributed by atoms with E-state index in [-0.39, 0.29) is 5.91 Å². The van der Waals surface area contributed by atoms with E-state index in [1.807, 2.05) is 30.3 Å². The molecule has 4 nitrogen and oxygen atoms in total. The number of amides is 1. The lowest BCUT2D eigenvalue weighted by molar-refractivity contribution is -0.116. The van der Waals surface area contributed by atoms with Gasteiger partial charge in [0, 0.05) is 23.9 Å². The van der Waals surface area contributed by atoms with E-state index >= 15 is 0 Å². The van der Waals surface area contributed by atoms with Gasteiger partial charge >= 0.3 is 0 Å². The van der Waals surface area contributed by atoms with Gasteiger partial charge < -0.3 is 10.3 Å². The van der Waals surface area contributed by atoms with Gasteiger partial charge in [-0.1, -0.05) is 36.4 Å². The fourth-order valence-electron chi connectivity index (χ4n) is 3.92. The number of imidazole rings is 1. The summed E-state index contributed by atoms with van der Waals surface area (Å²) in [4.78, 5) is 20.3. The Bertz CT molecular complexity index is 1100. The van der Waals surface area contributed by atoms with E-state index in [0.29, 0.717) is 12.8 Å². The van der Waals surface area contributed by atoms with Crippen molar-refractivity contribution < 1.29 is 4.79 Å². The van der Waals surface area contributed by atoms with Crippen LogP contribution in [0.2, 0.25) is 0 Å². The van der Waals surface area contributed by atoms with E-state index in [1.165, 1.54) is 16.5 Å². The van der Waals surface area contributed by atoms with Crippen LogP contribution in [0.1, 0.15) is 23.4 Å². The number of H-pyrrole nitrogens is 1. The Labute approximate surface area is 151 Å². The summed E-state index contributed by atoms with van der Waals surface area (Å²) in [6.07, 6.45) is 3.19. The van der Waals surface area contributed by atoms with Crippen LogP contribution in [-0.2, 0) is 24.1 Å². The standard InChI is InChI=1S/C22H19N3O/c26-21(13-12-20-23-18-6-1-2-7-19(18)24-20)25-17-11-10-15-9-8-14-4-3-5-16(17)22(14)15/h1-7,10-11H,8-9,12-13H2,(H,23,24)(H,25,26). The van der Waals surface area contributed by atoms with Crippen LogP contribution in [0.4, 0.5) is 5.69 Å². The minimum Gasteiger partial charge on any atom is -0.342 e. The molecule has 1 aliphatic rings. The van der Waals surface area contributed by atoms with Crippen LogP contribution < -0.4 is 5.32 Å². The molecule has 0 radical (unpaired) electrons. The van der Waals surface area contributed by atoms with E-state index in [2.05, 4.69) is 39.6 Å². The highest BCUT2D eigenvalue weighted by atomic mass is 16.1. The van der Waals surface area contributed by atoms with Crippen molar-refractivity contribution in [3.63, 3.8) is 0 Å². The summed E-state index contributed by atoms with van der Waals surface area (Å²) >= 11 is 0. The van der Waals surface area contributed by atoms with Crippen molar-refractivity contribution in [3.05, 3.63) is 71.5 Å². The molecule has 2 N–H and O–H groups in total. The Morgan fingerprint density at radius 1 is 1.00 bits per heavy atom. The maximum Gasteiger partial charge on any atom is 0.224 e. The van der Waals surface area contributed by atoms with Crippen LogP contribution in [0.25, 0.3) is 21.8 Å². The van der Waals surface area contributed by atoms with Gasteiger partial charge in [0.1, 0.15) is 5.82 Å². The predicted molar refractivity (Wildman–Crippen MR) is 104 cm³/mol. The number of aromatic amines is 1. The van der Waals surface area contributed by atoms with Gasteiger partial charge in [0.25, 0.3) is 0 Å².